The van der Waals surface area contributed by atoms with E-state index in [1.165, 1.54) is 13.2 Å². The minimum atomic E-state index is -2.93. The lowest BCUT2D eigenvalue weighted by Crippen LogP contribution is -2.46. The number of carbonyl (C=O) groups is 1. The minimum absolute atomic E-state index is 0.0385. The van der Waals surface area contributed by atoms with Crippen molar-refractivity contribution in [2.45, 2.75) is 82.8 Å². The van der Waals surface area contributed by atoms with Crippen LogP contribution in [0.4, 0.5) is 14.6 Å². The Hall–Kier alpha value is -3.53. The fourth-order valence-corrected chi connectivity index (χ4v) is 6.04. The van der Waals surface area contributed by atoms with Gasteiger partial charge >= 0.3 is 12.6 Å². The number of nitrogens with zero attached hydrogens (tertiary/aromatic N) is 3. The third-order valence-corrected chi connectivity index (χ3v) is 8.04. The SMILES string of the molecule is COC(=O)c1cnc(N2[C@@H]3CC[C@H]2CC(OCc2c(-c4ccccc4OC(F)F)noc2C2CC2)C3)cc1C. The van der Waals surface area contributed by atoms with E-state index >= 15 is 0 Å². The van der Waals surface area contributed by atoms with E-state index in [0.717, 1.165) is 61.2 Å². The van der Waals surface area contributed by atoms with Crippen LogP contribution >= 0.6 is 0 Å². The van der Waals surface area contributed by atoms with Crippen LogP contribution in [0.3, 0.4) is 0 Å². The van der Waals surface area contributed by atoms with Gasteiger partial charge in [-0.1, -0.05) is 17.3 Å². The summed E-state index contributed by atoms with van der Waals surface area (Å²) in [5.41, 5.74) is 3.10. The lowest BCUT2D eigenvalue weighted by Gasteiger charge is -2.39. The summed E-state index contributed by atoms with van der Waals surface area (Å²) in [6.45, 7) is -0.743. The standard InChI is InChI=1S/C29H31F2N3O5/c1-16-11-25(32-14-22(16)28(35)36-2)34-18-9-10-19(34)13-20(12-18)37-15-23-26(33-39-27(23)17-7-8-17)21-5-3-4-6-24(21)38-29(30)31/h3-6,11,14,17-20,29H,7-10,12-13,15H2,1-2H3/t18-,19+,20?. The van der Waals surface area contributed by atoms with Crippen LogP contribution in [-0.2, 0) is 16.1 Å². The average molecular weight is 540 g/mol. The van der Waals surface area contributed by atoms with Gasteiger partial charge in [-0.05, 0) is 69.2 Å². The number of halogens is 2. The molecule has 1 aromatic carbocycles. The molecular weight excluding hydrogens is 508 g/mol. The quantitative estimate of drug-likeness (QED) is 0.305. The fourth-order valence-electron chi connectivity index (χ4n) is 6.04. The van der Waals surface area contributed by atoms with E-state index in [9.17, 15) is 13.6 Å². The first-order valence-corrected chi connectivity index (χ1v) is 13.4. The van der Waals surface area contributed by atoms with Crippen molar-refractivity contribution in [3.8, 4) is 17.0 Å². The topological polar surface area (TPSA) is 86.9 Å². The van der Waals surface area contributed by atoms with Crippen LogP contribution in [-0.4, -0.2) is 48.0 Å². The molecule has 206 valence electrons. The number of alkyl halides is 2. The van der Waals surface area contributed by atoms with E-state index in [2.05, 4.69) is 15.0 Å². The number of carbonyl (C=O) groups excluding carboxylic acids is 1. The minimum Gasteiger partial charge on any atom is -0.465 e. The first-order chi connectivity index (χ1) is 18.9. The van der Waals surface area contributed by atoms with Crippen LogP contribution in [0.15, 0.2) is 41.1 Å². The van der Waals surface area contributed by atoms with Gasteiger partial charge in [-0.25, -0.2) is 9.78 Å². The molecule has 2 aliphatic heterocycles. The molecule has 6 rings (SSSR count). The van der Waals surface area contributed by atoms with Crippen LogP contribution < -0.4 is 9.64 Å². The molecule has 0 spiro atoms. The third kappa shape index (κ3) is 5.09. The van der Waals surface area contributed by atoms with E-state index in [1.807, 2.05) is 13.0 Å². The Bertz CT molecular complexity index is 1340. The number of pyridine rings is 1. The van der Waals surface area contributed by atoms with Gasteiger partial charge in [0, 0.05) is 35.3 Å². The number of ether oxygens (including phenoxy) is 3. The Morgan fingerprint density at radius 3 is 2.56 bits per heavy atom. The molecule has 2 bridgehead atoms. The van der Waals surface area contributed by atoms with Gasteiger partial charge in [0.25, 0.3) is 0 Å². The zero-order valence-corrected chi connectivity index (χ0v) is 21.9. The smallest absolute Gasteiger partial charge is 0.387 e. The van der Waals surface area contributed by atoms with Crippen molar-refractivity contribution in [2.24, 2.45) is 0 Å². The second-order valence-electron chi connectivity index (χ2n) is 10.6. The lowest BCUT2D eigenvalue weighted by atomic mass is 9.98. The maximum absolute atomic E-state index is 13.1. The maximum atomic E-state index is 13.1. The number of hydrogen-bond donors (Lipinski definition) is 0. The first-order valence-electron chi connectivity index (χ1n) is 13.4. The Kier molecular flexibility index (Phi) is 6.97. The van der Waals surface area contributed by atoms with Crippen molar-refractivity contribution in [3.05, 3.63) is 59.0 Å². The van der Waals surface area contributed by atoms with Crippen LogP contribution in [0.2, 0.25) is 0 Å². The lowest BCUT2D eigenvalue weighted by molar-refractivity contribution is -0.0494. The number of fused-ring (bicyclic) bond motifs is 2. The number of aryl methyl sites for hydroxylation is 1. The molecule has 4 heterocycles. The number of aromatic nitrogens is 2. The van der Waals surface area contributed by atoms with Crippen molar-refractivity contribution in [1.29, 1.82) is 0 Å². The van der Waals surface area contributed by atoms with E-state index in [-0.39, 0.29) is 35.8 Å². The molecule has 1 aliphatic carbocycles. The van der Waals surface area contributed by atoms with Crippen LogP contribution in [0.25, 0.3) is 11.3 Å². The molecule has 1 unspecified atom stereocenters. The van der Waals surface area contributed by atoms with E-state index in [4.69, 9.17) is 18.7 Å². The second-order valence-corrected chi connectivity index (χ2v) is 10.6. The van der Waals surface area contributed by atoms with E-state index in [1.54, 1.807) is 24.4 Å². The molecule has 2 saturated heterocycles. The monoisotopic (exact) mass is 539 g/mol. The summed E-state index contributed by atoms with van der Waals surface area (Å²) >= 11 is 0. The summed E-state index contributed by atoms with van der Waals surface area (Å²) < 4.78 is 48.0. The molecule has 3 atom stereocenters. The number of benzene rings is 1. The highest BCUT2D eigenvalue weighted by Gasteiger charge is 2.42. The summed E-state index contributed by atoms with van der Waals surface area (Å²) in [5, 5.41) is 4.28. The number of anilines is 1. The van der Waals surface area contributed by atoms with Crippen molar-refractivity contribution in [2.75, 3.05) is 12.0 Å². The fraction of sp³-hybridized carbons (Fsp3) is 0.483. The summed E-state index contributed by atoms with van der Waals surface area (Å²) in [4.78, 5) is 18.9. The van der Waals surface area contributed by atoms with Gasteiger partial charge in [0.15, 0.2) is 0 Å². The third-order valence-electron chi connectivity index (χ3n) is 8.04. The zero-order chi connectivity index (χ0) is 27.1. The van der Waals surface area contributed by atoms with Gasteiger partial charge in [0.1, 0.15) is 23.0 Å². The average Bonchev–Trinajstić information content (AvgIpc) is 3.63. The zero-order valence-electron chi connectivity index (χ0n) is 21.9. The van der Waals surface area contributed by atoms with Crippen molar-refractivity contribution >= 4 is 11.8 Å². The van der Waals surface area contributed by atoms with Crippen molar-refractivity contribution < 1.29 is 32.3 Å². The molecular formula is C29H31F2N3O5. The Balaban J connectivity index is 1.18. The highest BCUT2D eigenvalue weighted by molar-refractivity contribution is 5.90. The molecule has 8 nitrogen and oxygen atoms in total. The predicted octanol–water partition coefficient (Wildman–Crippen LogP) is 6.03. The molecule has 0 amide bonds. The second kappa shape index (κ2) is 10.6. The van der Waals surface area contributed by atoms with Gasteiger partial charge in [-0.15, -0.1) is 0 Å². The summed E-state index contributed by atoms with van der Waals surface area (Å²) in [6.07, 6.45) is 7.46. The first kappa shape index (κ1) is 25.7. The Morgan fingerprint density at radius 2 is 1.90 bits per heavy atom. The number of piperidine rings is 1. The maximum Gasteiger partial charge on any atom is 0.387 e. The number of hydrogen-bond acceptors (Lipinski definition) is 8. The number of para-hydroxylation sites is 1. The van der Waals surface area contributed by atoms with Gasteiger partial charge in [-0.3, -0.25) is 0 Å². The van der Waals surface area contributed by atoms with Crippen molar-refractivity contribution in [1.82, 2.24) is 10.1 Å². The normalized spacial score (nSPS) is 22.4. The number of rotatable bonds is 9. The van der Waals surface area contributed by atoms with E-state index in [0.29, 0.717) is 23.4 Å². The van der Waals surface area contributed by atoms with Gasteiger partial charge in [0.2, 0.25) is 0 Å². The van der Waals surface area contributed by atoms with Crippen LogP contribution in [0.1, 0.15) is 71.7 Å². The summed E-state index contributed by atoms with van der Waals surface area (Å²) in [6, 6.07) is 9.19. The molecule has 3 aliphatic rings. The van der Waals surface area contributed by atoms with Crippen LogP contribution in [0, 0.1) is 6.92 Å². The van der Waals surface area contributed by atoms with Crippen LogP contribution in [0.5, 0.6) is 5.75 Å². The number of esters is 1. The van der Waals surface area contributed by atoms with E-state index < -0.39 is 6.61 Å². The predicted molar refractivity (Wildman–Crippen MR) is 138 cm³/mol. The largest absolute Gasteiger partial charge is 0.465 e. The number of methoxy groups -OCH3 is 1. The van der Waals surface area contributed by atoms with Gasteiger partial charge in [0.05, 0.1) is 25.4 Å². The molecule has 0 radical (unpaired) electrons. The van der Waals surface area contributed by atoms with Gasteiger partial charge in [-0.2, -0.15) is 8.78 Å². The molecule has 2 aromatic heterocycles. The highest BCUT2D eigenvalue weighted by atomic mass is 19.3. The molecule has 39 heavy (non-hydrogen) atoms. The van der Waals surface area contributed by atoms with Gasteiger partial charge < -0.3 is 23.6 Å². The molecule has 1 saturated carbocycles. The molecule has 0 N–H and O–H groups in total. The Labute approximate surface area is 225 Å². The molecule has 3 aromatic rings. The summed E-state index contributed by atoms with van der Waals surface area (Å²) in [7, 11) is 1.37. The molecule has 3 fully saturated rings. The molecule has 10 heteroatoms. The van der Waals surface area contributed by atoms with Crippen molar-refractivity contribution in [3.63, 3.8) is 0 Å². The Morgan fingerprint density at radius 1 is 1.15 bits per heavy atom. The summed E-state index contributed by atoms with van der Waals surface area (Å²) in [5.74, 6) is 1.62. The highest BCUT2D eigenvalue weighted by Crippen LogP contribution is 2.46.